The van der Waals surface area contributed by atoms with Crippen LogP contribution in [0.4, 0.5) is 9.52 Å². The number of hydrogen-bond donors (Lipinski definition) is 0. The van der Waals surface area contributed by atoms with Gasteiger partial charge in [0, 0.05) is 20.0 Å². The van der Waals surface area contributed by atoms with Crippen molar-refractivity contribution in [3.63, 3.8) is 0 Å². The second kappa shape index (κ2) is 5.25. The van der Waals surface area contributed by atoms with Gasteiger partial charge in [-0.25, -0.2) is 4.39 Å². The van der Waals surface area contributed by atoms with Crippen LogP contribution >= 0.6 is 11.3 Å². The Hall–Kier alpha value is -1.49. The van der Waals surface area contributed by atoms with Crippen molar-refractivity contribution < 1.29 is 4.39 Å². The summed E-state index contributed by atoms with van der Waals surface area (Å²) in [7, 11) is 2.07. The Labute approximate surface area is 116 Å². The van der Waals surface area contributed by atoms with Gasteiger partial charge in [-0.05, 0) is 36.5 Å². The average Bonchev–Trinajstić information content (AvgIpc) is 3.08. The molecule has 2 aromatic rings. The first-order chi connectivity index (χ1) is 9.20. The van der Waals surface area contributed by atoms with Crippen molar-refractivity contribution in [1.82, 2.24) is 10.2 Å². The molecular formula is C14H16FN3S. The van der Waals surface area contributed by atoms with E-state index in [1.807, 2.05) is 0 Å². The summed E-state index contributed by atoms with van der Waals surface area (Å²) in [5.74, 6) is 0.639. The molecule has 1 saturated carbocycles. The maximum Gasteiger partial charge on any atom is 0.208 e. The Morgan fingerprint density at radius 2 is 2.00 bits per heavy atom. The van der Waals surface area contributed by atoms with Gasteiger partial charge in [-0.15, -0.1) is 10.2 Å². The lowest BCUT2D eigenvalue weighted by molar-refractivity contribution is 0.627. The highest BCUT2D eigenvalue weighted by Crippen LogP contribution is 2.31. The van der Waals surface area contributed by atoms with Crippen LogP contribution in [0.3, 0.4) is 0 Å². The Morgan fingerprint density at radius 1 is 1.26 bits per heavy atom. The molecule has 1 aromatic carbocycles. The van der Waals surface area contributed by atoms with E-state index >= 15 is 0 Å². The van der Waals surface area contributed by atoms with E-state index in [2.05, 4.69) is 22.1 Å². The van der Waals surface area contributed by atoms with Crippen LogP contribution in [0.2, 0.25) is 0 Å². The van der Waals surface area contributed by atoms with Crippen LogP contribution in [0.25, 0.3) is 0 Å². The molecule has 3 nitrogen and oxygen atoms in total. The lowest BCUT2D eigenvalue weighted by Gasteiger charge is -2.13. The summed E-state index contributed by atoms with van der Waals surface area (Å²) in [5, 5.41) is 10.4. The minimum atomic E-state index is -0.203. The third-order valence-corrected chi connectivity index (χ3v) is 4.32. The minimum Gasteiger partial charge on any atom is -0.349 e. The van der Waals surface area contributed by atoms with E-state index < -0.39 is 0 Å². The second-order valence-electron chi connectivity index (χ2n) is 5.11. The number of anilines is 1. The first-order valence-corrected chi connectivity index (χ1v) is 7.30. The zero-order valence-electron chi connectivity index (χ0n) is 10.8. The van der Waals surface area contributed by atoms with Crippen molar-refractivity contribution in [3.05, 3.63) is 40.7 Å². The summed E-state index contributed by atoms with van der Waals surface area (Å²) in [6.45, 7) is 1.07. The van der Waals surface area contributed by atoms with Gasteiger partial charge in [-0.2, -0.15) is 0 Å². The Morgan fingerprint density at radius 3 is 2.68 bits per heavy atom. The van der Waals surface area contributed by atoms with Gasteiger partial charge >= 0.3 is 0 Å². The molecule has 0 unspecified atom stereocenters. The second-order valence-corrected chi connectivity index (χ2v) is 6.15. The van der Waals surface area contributed by atoms with E-state index in [4.69, 9.17) is 0 Å². The maximum absolute atomic E-state index is 12.8. The van der Waals surface area contributed by atoms with Gasteiger partial charge in [0.2, 0.25) is 5.13 Å². The highest BCUT2D eigenvalue weighted by atomic mass is 32.1. The molecule has 0 amide bonds. The molecule has 0 N–H and O–H groups in total. The highest BCUT2D eigenvalue weighted by molar-refractivity contribution is 7.15. The van der Waals surface area contributed by atoms with Crippen LogP contribution in [-0.4, -0.2) is 23.8 Å². The van der Waals surface area contributed by atoms with Crippen LogP contribution in [-0.2, 0) is 6.42 Å². The molecule has 3 rings (SSSR count). The van der Waals surface area contributed by atoms with E-state index in [9.17, 15) is 4.39 Å². The number of aromatic nitrogens is 2. The summed E-state index contributed by atoms with van der Waals surface area (Å²) in [4.78, 5) is 2.18. The first-order valence-electron chi connectivity index (χ1n) is 6.48. The molecule has 0 spiro atoms. The van der Waals surface area contributed by atoms with E-state index in [0.29, 0.717) is 0 Å². The van der Waals surface area contributed by atoms with Gasteiger partial charge in [-0.3, -0.25) is 0 Å². The van der Waals surface area contributed by atoms with Crippen molar-refractivity contribution in [1.29, 1.82) is 0 Å². The fourth-order valence-electron chi connectivity index (χ4n) is 2.01. The topological polar surface area (TPSA) is 29.0 Å². The van der Waals surface area contributed by atoms with E-state index in [1.165, 1.54) is 25.0 Å². The number of benzene rings is 1. The molecule has 5 heteroatoms. The van der Waals surface area contributed by atoms with Gasteiger partial charge in [0.25, 0.3) is 0 Å². The summed E-state index contributed by atoms with van der Waals surface area (Å²) >= 11 is 1.62. The van der Waals surface area contributed by atoms with Crippen molar-refractivity contribution in [3.8, 4) is 0 Å². The van der Waals surface area contributed by atoms with Gasteiger partial charge in [0.15, 0.2) is 0 Å². The minimum absolute atomic E-state index is 0.203. The Kier molecular flexibility index (Phi) is 3.46. The van der Waals surface area contributed by atoms with Crippen molar-refractivity contribution in [2.24, 2.45) is 5.92 Å². The first kappa shape index (κ1) is 12.5. The predicted molar refractivity (Wildman–Crippen MR) is 75.1 cm³/mol. The molecule has 1 aliphatic carbocycles. The van der Waals surface area contributed by atoms with Crippen LogP contribution in [0.15, 0.2) is 24.3 Å². The lowest BCUT2D eigenvalue weighted by atomic mass is 10.2. The molecule has 0 bridgehead atoms. The fourth-order valence-corrected chi connectivity index (χ4v) is 2.86. The Bertz CT molecular complexity index is 548. The zero-order chi connectivity index (χ0) is 13.2. The van der Waals surface area contributed by atoms with Gasteiger partial charge in [-0.1, -0.05) is 23.5 Å². The van der Waals surface area contributed by atoms with Crippen molar-refractivity contribution in [2.75, 3.05) is 18.5 Å². The van der Waals surface area contributed by atoms with Crippen LogP contribution in [0, 0.1) is 11.7 Å². The van der Waals surface area contributed by atoms with Crippen molar-refractivity contribution in [2.45, 2.75) is 19.3 Å². The lowest BCUT2D eigenvalue weighted by Crippen LogP contribution is -2.19. The third kappa shape index (κ3) is 3.29. The standard InChI is InChI=1S/C14H16FN3S/c1-18(9-11-2-3-11)14-17-16-13(19-14)8-10-4-6-12(15)7-5-10/h4-7,11H,2-3,8-9H2,1H3. The van der Waals surface area contributed by atoms with Gasteiger partial charge in [0.05, 0.1) is 0 Å². The smallest absolute Gasteiger partial charge is 0.208 e. The molecule has 100 valence electrons. The van der Waals surface area contributed by atoms with Gasteiger partial charge < -0.3 is 4.90 Å². The molecule has 1 aliphatic rings. The molecule has 1 fully saturated rings. The van der Waals surface area contributed by atoms with Crippen LogP contribution < -0.4 is 4.90 Å². The number of hydrogen-bond acceptors (Lipinski definition) is 4. The Balaban J connectivity index is 1.65. The molecule has 0 atom stereocenters. The highest BCUT2D eigenvalue weighted by Gasteiger charge is 2.24. The van der Waals surface area contributed by atoms with Gasteiger partial charge in [0.1, 0.15) is 10.8 Å². The molecule has 19 heavy (non-hydrogen) atoms. The number of rotatable bonds is 5. The molecule has 1 aromatic heterocycles. The fraction of sp³-hybridized carbons (Fsp3) is 0.429. The summed E-state index contributed by atoms with van der Waals surface area (Å²) in [6, 6.07) is 6.56. The normalized spacial score (nSPS) is 14.6. The van der Waals surface area contributed by atoms with E-state index in [1.54, 1.807) is 23.5 Å². The average molecular weight is 277 g/mol. The predicted octanol–water partition coefficient (Wildman–Crippen LogP) is 3.11. The summed E-state index contributed by atoms with van der Waals surface area (Å²) in [5.41, 5.74) is 1.06. The third-order valence-electron chi connectivity index (χ3n) is 3.28. The van der Waals surface area contributed by atoms with E-state index in [-0.39, 0.29) is 5.82 Å². The summed E-state index contributed by atoms with van der Waals surface area (Å²) < 4.78 is 12.8. The maximum atomic E-state index is 12.8. The molecule has 0 radical (unpaired) electrons. The largest absolute Gasteiger partial charge is 0.349 e. The molecule has 0 aliphatic heterocycles. The molecule has 1 heterocycles. The zero-order valence-corrected chi connectivity index (χ0v) is 11.7. The van der Waals surface area contributed by atoms with Crippen LogP contribution in [0.1, 0.15) is 23.4 Å². The molecule has 0 saturated heterocycles. The van der Waals surface area contributed by atoms with E-state index in [0.717, 1.165) is 34.6 Å². The summed E-state index contributed by atoms with van der Waals surface area (Å²) in [6.07, 6.45) is 3.40. The molecular weight excluding hydrogens is 261 g/mol. The van der Waals surface area contributed by atoms with Crippen LogP contribution in [0.5, 0.6) is 0 Å². The number of halogens is 1. The number of nitrogens with zero attached hydrogens (tertiary/aromatic N) is 3. The SMILES string of the molecule is CN(CC1CC1)c1nnc(Cc2ccc(F)cc2)s1. The monoisotopic (exact) mass is 277 g/mol. The van der Waals surface area contributed by atoms with Crippen molar-refractivity contribution >= 4 is 16.5 Å². The quantitative estimate of drug-likeness (QED) is 0.841.